The fourth-order valence-electron chi connectivity index (χ4n) is 2.28. The maximum absolute atomic E-state index is 12.1. The van der Waals surface area contributed by atoms with E-state index in [2.05, 4.69) is 5.32 Å². The number of rotatable bonds is 5. The molecule has 0 aliphatic carbocycles. The van der Waals surface area contributed by atoms with E-state index in [0.717, 1.165) is 6.42 Å². The Labute approximate surface area is 109 Å². The Morgan fingerprint density at radius 2 is 2.06 bits per heavy atom. The lowest BCUT2D eigenvalue weighted by Crippen LogP contribution is -2.48. The Bertz CT molecular complexity index is 379. The van der Waals surface area contributed by atoms with Gasteiger partial charge in [0.1, 0.15) is 5.25 Å². The first-order valence-electron chi connectivity index (χ1n) is 6.60. The minimum atomic E-state index is -3.25. The molecule has 1 aliphatic rings. The van der Waals surface area contributed by atoms with Gasteiger partial charge in [-0.15, -0.1) is 0 Å². The SMILES string of the molecule is CC(C)C(CCN)NC(=O)C1CCCCS1(=O)=O. The highest BCUT2D eigenvalue weighted by Crippen LogP contribution is 2.20. The molecule has 1 heterocycles. The smallest absolute Gasteiger partial charge is 0.238 e. The summed E-state index contributed by atoms with van der Waals surface area (Å²) in [6, 6.07) is -0.0420. The van der Waals surface area contributed by atoms with Crippen molar-refractivity contribution in [1.82, 2.24) is 5.32 Å². The van der Waals surface area contributed by atoms with Crippen molar-refractivity contribution in [3.8, 4) is 0 Å². The molecule has 0 aromatic carbocycles. The van der Waals surface area contributed by atoms with Crippen LogP contribution in [0.4, 0.5) is 0 Å². The summed E-state index contributed by atoms with van der Waals surface area (Å²) in [4.78, 5) is 12.1. The van der Waals surface area contributed by atoms with Crippen LogP contribution in [0.5, 0.6) is 0 Å². The predicted molar refractivity (Wildman–Crippen MR) is 71.9 cm³/mol. The van der Waals surface area contributed by atoms with Gasteiger partial charge in [0.15, 0.2) is 9.84 Å². The first kappa shape index (κ1) is 15.4. The lowest BCUT2D eigenvalue weighted by atomic mass is 10.0. The fraction of sp³-hybridized carbons (Fsp3) is 0.917. The minimum absolute atomic E-state index is 0.0420. The Kier molecular flexibility index (Phi) is 5.59. The molecule has 0 radical (unpaired) electrons. The molecule has 0 bridgehead atoms. The normalized spacial score (nSPS) is 24.8. The predicted octanol–water partition coefficient (Wildman–Crippen LogP) is 0.443. The van der Waals surface area contributed by atoms with Crippen LogP contribution in [0.25, 0.3) is 0 Å². The maximum atomic E-state index is 12.1. The molecule has 106 valence electrons. The van der Waals surface area contributed by atoms with Gasteiger partial charge in [0.2, 0.25) is 5.91 Å². The third-order valence-corrected chi connectivity index (χ3v) is 5.66. The van der Waals surface area contributed by atoms with E-state index in [1.807, 2.05) is 13.8 Å². The van der Waals surface area contributed by atoms with Crippen LogP contribution in [0.15, 0.2) is 0 Å². The average molecular weight is 276 g/mol. The van der Waals surface area contributed by atoms with Crippen LogP contribution in [-0.4, -0.2) is 37.9 Å². The van der Waals surface area contributed by atoms with Crippen LogP contribution < -0.4 is 11.1 Å². The van der Waals surface area contributed by atoms with Crippen molar-refractivity contribution >= 4 is 15.7 Å². The molecule has 1 rings (SSSR count). The summed E-state index contributed by atoms with van der Waals surface area (Å²) in [5, 5.41) is 1.99. The third kappa shape index (κ3) is 3.95. The highest BCUT2D eigenvalue weighted by molar-refractivity contribution is 7.92. The molecule has 18 heavy (non-hydrogen) atoms. The number of nitrogens with one attached hydrogen (secondary N) is 1. The zero-order valence-corrected chi connectivity index (χ0v) is 12.0. The number of hydrogen-bond donors (Lipinski definition) is 2. The van der Waals surface area contributed by atoms with E-state index in [1.165, 1.54) is 0 Å². The standard InChI is InChI=1S/C12H24N2O3S/c1-9(2)10(6-7-13)14-12(15)11-5-3-4-8-18(11,16)17/h9-11H,3-8,13H2,1-2H3,(H,14,15). The van der Waals surface area contributed by atoms with Crippen molar-refractivity contribution in [2.75, 3.05) is 12.3 Å². The second-order valence-corrected chi connectivity index (χ2v) is 7.59. The van der Waals surface area contributed by atoms with Crippen LogP contribution in [0.2, 0.25) is 0 Å². The van der Waals surface area contributed by atoms with Crippen molar-refractivity contribution in [2.45, 2.75) is 50.8 Å². The van der Waals surface area contributed by atoms with E-state index in [1.54, 1.807) is 0 Å². The van der Waals surface area contributed by atoms with E-state index in [4.69, 9.17) is 5.73 Å². The molecule has 1 aliphatic heterocycles. The first-order chi connectivity index (χ1) is 8.38. The molecule has 2 atom stereocenters. The van der Waals surface area contributed by atoms with Crippen LogP contribution in [0, 0.1) is 5.92 Å². The zero-order chi connectivity index (χ0) is 13.8. The number of carbonyl (C=O) groups excluding carboxylic acids is 1. The van der Waals surface area contributed by atoms with Crippen molar-refractivity contribution in [3.63, 3.8) is 0 Å². The van der Waals surface area contributed by atoms with E-state index >= 15 is 0 Å². The van der Waals surface area contributed by atoms with Crippen molar-refractivity contribution < 1.29 is 13.2 Å². The molecule has 0 saturated carbocycles. The third-order valence-electron chi connectivity index (χ3n) is 3.48. The quantitative estimate of drug-likeness (QED) is 0.762. The first-order valence-corrected chi connectivity index (χ1v) is 8.32. The molecule has 0 aromatic rings. The fourth-order valence-corrected chi connectivity index (χ4v) is 4.09. The van der Waals surface area contributed by atoms with Crippen LogP contribution in [-0.2, 0) is 14.6 Å². The second kappa shape index (κ2) is 6.52. The van der Waals surface area contributed by atoms with Crippen LogP contribution in [0.3, 0.4) is 0 Å². The van der Waals surface area contributed by atoms with Gasteiger partial charge in [-0.1, -0.05) is 20.3 Å². The monoisotopic (exact) mass is 276 g/mol. The summed E-state index contributed by atoms with van der Waals surface area (Å²) in [5.41, 5.74) is 5.51. The van der Waals surface area contributed by atoms with Gasteiger partial charge in [0.05, 0.1) is 5.75 Å². The molecular formula is C12H24N2O3S. The molecular weight excluding hydrogens is 252 g/mol. The number of sulfone groups is 1. The van der Waals surface area contributed by atoms with Gasteiger partial charge in [-0.25, -0.2) is 8.42 Å². The lowest BCUT2D eigenvalue weighted by molar-refractivity contribution is -0.121. The molecule has 6 heteroatoms. The Morgan fingerprint density at radius 3 is 2.56 bits per heavy atom. The molecule has 0 spiro atoms. The molecule has 3 N–H and O–H groups in total. The molecule has 5 nitrogen and oxygen atoms in total. The summed E-state index contributed by atoms with van der Waals surface area (Å²) < 4.78 is 23.7. The molecule has 2 unspecified atom stereocenters. The van der Waals surface area contributed by atoms with Crippen LogP contribution >= 0.6 is 0 Å². The van der Waals surface area contributed by atoms with Gasteiger partial charge in [-0.05, 0) is 31.7 Å². The summed E-state index contributed by atoms with van der Waals surface area (Å²) in [5.74, 6) is 0.0413. The van der Waals surface area contributed by atoms with Crippen molar-refractivity contribution in [3.05, 3.63) is 0 Å². The Morgan fingerprint density at radius 1 is 1.39 bits per heavy atom. The van der Waals surface area contributed by atoms with Gasteiger partial charge >= 0.3 is 0 Å². The van der Waals surface area contributed by atoms with Gasteiger partial charge < -0.3 is 11.1 Å². The van der Waals surface area contributed by atoms with Gasteiger partial charge in [-0.3, -0.25) is 4.79 Å². The molecule has 1 amide bonds. The van der Waals surface area contributed by atoms with Crippen LogP contribution in [0.1, 0.15) is 39.5 Å². The highest BCUT2D eigenvalue weighted by Gasteiger charge is 2.35. The van der Waals surface area contributed by atoms with E-state index in [0.29, 0.717) is 25.8 Å². The molecule has 1 fully saturated rings. The summed E-state index contributed by atoms with van der Waals surface area (Å²) >= 11 is 0. The Balaban J connectivity index is 2.68. The number of carbonyl (C=O) groups is 1. The van der Waals surface area contributed by atoms with Gasteiger partial charge in [-0.2, -0.15) is 0 Å². The maximum Gasteiger partial charge on any atom is 0.238 e. The summed E-state index contributed by atoms with van der Waals surface area (Å²) in [7, 11) is -3.25. The lowest BCUT2D eigenvalue weighted by Gasteiger charge is -2.26. The number of amides is 1. The number of hydrogen-bond acceptors (Lipinski definition) is 4. The van der Waals surface area contributed by atoms with Crippen molar-refractivity contribution in [1.29, 1.82) is 0 Å². The molecule has 0 aromatic heterocycles. The largest absolute Gasteiger partial charge is 0.352 e. The zero-order valence-electron chi connectivity index (χ0n) is 11.2. The van der Waals surface area contributed by atoms with E-state index in [9.17, 15) is 13.2 Å². The molecule has 1 saturated heterocycles. The Hall–Kier alpha value is -0.620. The van der Waals surface area contributed by atoms with Gasteiger partial charge in [0.25, 0.3) is 0 Å². The topological polar surface area (TPSA) is 89.3 Å². The number of nitrogens with two attached hydrogens (primary N) is 1. The highest BCUT2D eigenvalue weighted by atomic mass is 32.2. The summed E-state index contributed by atoms with van der Waals surface area (Å²) in [6.45, 7) is 4.48. The summed E-state index contributed by atoms with van der Waals surface area (Å²) in [6.07, 6.45) is 2.60. The van der Waals surface area contributed by atoms with E-state index < -0.39 is 15.1 Å². The average Bonchev–Trinajstić information content (AvgIpc) is 2.27. The van der Waals surface area contributed by atoms with Gasteiger partial charge in [0, 0.05) is 6.04 Å². The second-order valence-electron chi connectivity index (χ2n) is 5.29. The van der Waals surface area contributed by atoms with Crippen molar-refractivity contribution in [2.24, 2.45) is 11.7 Å². The minimum Gasteiger partial charge on any atom is -0.352 e. The van der Waals surface area contributed by atoms with E-state index in [-0.39, 0.29) is 23.6 Å².